The van der Waals surface area contributed by atoms with Gasteiger partial charge in [0.15, 0.2) is 0 Å². The monoisotopic (exact) mass is 317 g/mol. The molecule has 22 heavy (non-hydrogen) atoms. The number of hydrogen-bond donors (Lipinski definition) is 2. The van der Waals surface area contributed by atoms with Crippen LogP contribution in [-0.4, -0.2) is 30.3 Å². The maximum Gasteiger partial charge on any atom is 0.261 e. The van der Waals surface area contributed by atoms with Crippen molar-refractivity contribution in [2.45, 2.75) is 24.9 Å². The summed E-state index contributed by atoms with van der Waals surface area (Å²) in [5, 5.41) is 14.7. The fourth-order valence-corrected chi connectivity index (χ4v) is 3.18. The number of hydrogen-bond acceptors (Lipinski definition) is 4. The van der Waals surface area contributed by atoms with Crippen LogP contribution in [0.1, 0.15) is 34.0 Å². The van der Waals surface area contributed by atoms with Crippen LogP contribution in [-0.2, 0) is 0 Å². The largest absolute Gasteiger partial charge is 0.491 e. The zero-order valence-corrected chi connectivity index (χ0v) is 13.0. The molecule has 1 aromatic heterocycles. The molecular formula is C17H19NO3S. The molecule has 116 valence electrons. The summed E-state index contributed by atoms with van der Waals surface area (Å²) < 4.78 is 5.46. The summed E-state index contributed by atoms with van der Waals surface area (Å²) in [6.45, 7) is 0.345. The molecule has 1 saturated carbocycles. The van der Waals surface area contributed by atoms with E-state index in [1.807, 2.05) is 41.8 Å². The molecule has 0 bridgehead atoms. The van der Waals surface area contributed by atoms with Crippen LogP contribution in [0.5, 0.6) is 5.75 Å². The molecule has 1 amide bonds. The Morgan fingerprint density at radius 3 is 2.82 bits per heavy atom. The standard InChI is InChI=1S/C17H19NO3S/c19-13(11-21-14-4-2-1-3-5-14)10-18-17(20)16-15(8-9-22-16)12-6-7-12/h1-5,8-9,12-13,19H,6-7,10-11H2,(H,18,20). The van der Waals surface area contributed by atoms with Gasteiger partial charge in [-0.1, -0.05) is 18.2 Å². The number of rotatable bonds is 7. The molecule has 0 radical (unpaired) electrons. The molecule has 2 aromatic rings. The van der Waals surface area contributed by atoms with Gasteiger partial charge in [0.25, 0.3) is 5.91 Å². The Morgan fingerprint density at radius 2 is 2.09 bits per heavy atom. The highest BCUT2D eigenvalue weighted by Crippen LogP contribution is 2.43. The number of ether oxygens (including phenoxy) is 1. The summed E-state index contributed by atoms with van der Waals surface area (Å²) in [4.78, 5) is 13.0. The quantitative estimate of drug-likeness (QED) is 0.825. The Labute approximate surface area is 133 Å². The fourth-order valence-electron chi connectivity index (χ4n) is 2.28. The summed E-state index contributed by atoms with van der Waals surface area (Å²) in [7, 11) is 0. The number of aliphatic hydroxyl groups is 1. The van der Waals surface area contributed by atoms with E-state index < -0.39 is 6.10 Å². The number of benzene rings is 1. The van der Waals surface area contributed by atoms with E-state index in [-0.39, 0.29) is 19.1 Å². The van der Waals surface area contributed by atoms with Crippen LogP contribution >= 0.6 is 11.3 Å². The van der Waals surface area contributed by atoms with E-state index in [2.05, 4.69) is 5.32 Å². The average molecular weight is 317 g/mol. The van der Waals surface area contributed by atoms with Gasteiger partial charge < -0.3 is 15.2 Å². The van der Waals surface area contributed by atoms with E-state index in [9.17, 15) is 9.90 Å². The van der Waals surface area contributed by atoms with E-state index in [4.69, 9.17) is 4.74 Å². The molecule has 1 aliphatic carbocycles. The predicted octanol–water partition coefficient (Wildman–Crippen LogP) is 2.80. The van der Waals surface area contributed by atoms with Gasteiger partial charge in [0.05, 0.1) is 4.88 Å². The first kappa shape index (κ1) is 15.1. The highest BCUT2D eigenvalue weighted by molar-refractivity contribution is 7.12. The molecule has 1 aromatic carbocycles. The molecular weight excluding hydrogens is 298 g/mol. The fraction of sp³-hybridized carbons (Fsp3) is 0.353. The molecule has 0 saturated heterocycles. The number of carbonyl (C=O) groups excluding carboxylic acids is 1. The van der Waals surface area contributed by atoms with Crippen LogP contribution in [0.2, 0.25) is 0 Å². The Morgan fingerprint density at radius 1 is 1.32 bits per heavy atom. The predicted molar refractivity (Wildman–Crippen MR) is 86.6 cm³/mol. The zero-order valence-electron chi connectivity index (χ0n) is 12.2. The lowest BCUT2D eigenvalue weighted by Crippen LogP contribution is -2.35. The minimum Gasteiger partial charge on any atom is -0.491 e. The highest BCUT2D eigenvalue weighted by atomic mass is 32.1. The first-order valence-electron chi connectivity index (χ1n) is 7.45. The van der Waals surface area contributed by atoms with Gasteiger partial charge in [-0.05, 0) is 47.9 Å². The van der Waals surface area contributed by atoms with Gasteiger partial charge in [-0.3, -0.25) is 4.79 Å². The number of para-hydroxylation sites is 1. The van der Waals surface area contributed by atoms with Crippen molar-refractivity contribution in [3.63, 3.8) is 0 Å². The van der Waals surface area contributed by atoms with Gasteiger partial charge in [-0.25, -0.2) is 0 Å². The van der Waals surface area contributed by atoms with E-state index in [0.29, 0.717) is 11.7 Å². The van der Waals surface area contributed by atoms with Crippen LogP contribution < -0.4 is 10.1 Å². The second kappa shape index (κ2) is 6.94. The number of amides is 1. The molecule has 4 nitrogen and oxygen atoms in total. The van der Waals surface area contributed by atoms with Crippen molar-refractivity contribution in [2.75, 3.05) is 13.2 Å². The Hall–Kier alpha value is -1.85. The van der Waals surface area contributed by atoms with Crippen molar-refractivity contribution in [2.24, 2.45) is 0 Å². The maximum absolute atomic E-state index is 12.2. The van der Waals surface area contributed by atoms with Crippen LogP contribution in [0, 0.1) is 0 Å². The van der Waals surface area contributed by atoms with Gasteiger partial charge in [-0.2, -0.15) is 0 Å². The second-order valence-electron chi connectivity index (χ2n) is 5.47. The molecule has 1 aliphatic rings. The molecule has 1 atom stereocenters. The van der Waals surface area contributed by atoms with E-state index >= 15 is 0 Å². The molecule has 2 N–H and O–H groups in total. The van der Waals surface area contributed by atoms with Crippen molar-refractivity contribution >= 4 is 17.2 Å². The summed E-state index contributed by atoms with van der Waals surface area (Å²) >= 11 is 1.46. The lowest BCUT2D eigenvalue weighted by atomic mass is 10.1. The number of carbonyl (C=O) groups is 1. The molecule has 0 aliphatic heterocycles. The SMILES string of the molecule is O=C(NCC(O)COc1ccccc1)c1sccc1C1CC1. The summed E-state index contributed by atoms with van der Waals surface area (Å²) in [6.07, 6.45) is 1.61. The van der Waals surface area contributed by atoms with Crippen molar-refractivity contribution in [1.29, 1.82) is 0 Å². The van der Waals surface area contributed by atoms with Crippen LogP contribution in [0.15, 0.2) is 41.8 Å². The third-order valence-electron chi connectivity index (χ3n) is 3.60. The van der Waals surface area contributed by atoms with E-state index in [1.54, 1.807) is 0 Å². The van der Waals surface area contributed by atoms with Crippen LogP contribution in [0.4, 0.5) is 0 Å². The number of thiophene rings is 1. The first-order valence-corrected chi connectivity index (χ1v) is 8.33. The van der Waals surface area contributed by atoms with Crippen molar-refractivity contribution in [3.05, 3.63) is 52.2 Å². The lowest BCUT2D eigenvalue weighted by molar-refractivity contribution is 0.0846. The second-order valence-corrected chi connectivity index (χ2v) is 6.38. The normalized spacial score (nSPS) is 15.3. The van der Waals surface area contributed by atoms with Gasteiger partial charge in [0.2, 0.25) is 0 Å². The van der Waals surface area contributed by atoms with Crippen LogP contribution in [0.3, 0.4) is 0 Å². The summed E-state index contributed by atoms with van der Waals surface area (Å²) in [5.74, 6) is 1.16. The van der Waals surface area contributed by atoms with Gasteiger partial charge in [-0.15, -0.1) is 11.3 Å². The zero-order chi connectivity index (χ0) is 15.4. The minimum atomic E-state index is -0.728. The van der Waals surface area contributed by atoms with Crippen LogP contribution in [0.25, 0.3) is 0 Å². The molecule has 5 heteroatoms. The topological polar surface area (TPSA) is 58.6 Å². The van der Waals surface area contributed by atoms with E-state index in [1.165, 1.54) is 24.2 Å². The Balaban J connectivity index is 1.45. The maximum atomic E-state index is 12.2. The third-order valence-corrected chi connectivity index (χ3v) is 4.53. The Bertz CT molecular complexity index is 622. The minimum absolute atomic E-state index is 0.101. The van der Waals surface area contributed by atoms with Gasteiger partial charge in [0, 0.05) is 6.54 Å². The highest BCUT2D eigenvalue weighted by Gasteiger charge is 2.28. The average Bonchev–Trinajstić information content (AvgIpc) is 3.28. The molecule has 1 fully saturated rings. The molecule has 3 rings (SSSR count). The summed E-state index contributed by atoms with van der Waals surface area (Å²) in [6, 6.07) is 11.4. The third kappa shape index (κ3) is 3.87. The van der Waals surface area contributed by atoms with Crippen molar-refractivity contribution < 1.29 is 14.6 Å². The lowest BCUT2D eigenvalue weighted by Gasteiger charge is -2.13. The van der Waals surface area contributed by atoms with Crippen molar-refractivity contribution in [3.8, 4) is 5.75 Å². The molecule has 1 unspecified atom stereocenters. The number of aliphatic hydroxyl groups excluding tert-OH is 1. The number of nitrogens with one attached hydrogen (secondary N) is 1. The Kier molecular flexibility index (Phi) is 4.75. The van der Waals surface area contributed by atoms with Crippen molar-refractivity contribution in [1.82, 2.24) is 5.32 Å². The first-order chi connectivity index (χ1) is 10.7. The molecule has 0 spiro atoms. The summed E-state index contributed by atoms with van der Waals surface area (Å²) in [5.41, 5.74) is 1.15. The van der Waals surface area contributed by atoms with Gasteiger partial charge in [0.1, 0.15) is 18.5 Å². The van der Waals surface area contributed by atoms with Gasteiger partial charge >= 0.3 is 0 Å². The smallest absolute Gasteiger partial charge is 0.261 e. The molecule has 1 heterocycles. The van der Waals surface area contributed by atoms with E-state index in [0.717, 1.165) is 10.4 Å².